The highest BCUT2D eigenvalue weighted by Crippen LogP contribution is 2.34. The highest BCUT2D eigenvalue weighted by molar-refractivity contribution is 5.80. The molecule has 5 rings (SSSR count). The monoisotopic (exact) mass is 494 g/mol. The van der Waals surface area contributed by atoms with Crippen LogP contribution in [0.5, 0.6) is 5.75 Å². The molecule has 0 spiro atoms. The highest BCUT2D eigenvalue weighted by atomic mass is 16.5. The van der Waals surface area contributed by atoms with Gasteiger partial charge in [0.25, 0.3) is 5.56 Å². The second kappa shape index (κ2) is 11.1. The number of nitrogens with one attached hydrogen (secondary N) is 1. The Hall–Kier alpha value is -2.78. The van der Waals surface area contributed by atoms with Crippen LogP contribution in [0.2, 0.25) is 0 Å². The van der Waals surface area contributed by atoms with Crippen LogP contribution in [0, 0.1) is 5.92 Å². The fourth-order valence-corrected chi connectivity index (χ4v) is 5.88. The van der Waals surface area contributed by atoms with Gasteiger partial charge in [-0.1, -0.05) is 33.1 Å². The standard InChI is InChI=1S/C27H38N6O3/c1-18(2)25(26-29-30-31-33(26)21-8-5-4-6-9-21)32(17-23-10-7-13-36-23)16-20-14-19-11-12-22(35-3)15-24(19)28-27(20)34/h11-12,14-15,18,21,23,25H,4-10,13,16-17H2,1-3H3,(H,28,34)/t23-,25-/m1/s1. The number of pyridine rings is 1. The van der Waals surface area contributed by atoms with Crippen molar-refractivity contribution in [2.45, 2.75) is 83.5 Å². The third-order valence-corrected chi connectivity index (χ3v) is 7.69. The number of tetrazole rings is 1. The van der Waals surface area contributed by atoms with Gasteiger partial charge in [-0.05, 0) is 65.6 Å². The Morgan fingerprint density at radius 2 is 2.00 bits per heavy atom. The molecule has 2 aliphatic rings. The normalized spacial score (nSPS) is 20.0. The molecule has 1 saturated carbocycles. The van der Waals surface area contributed by atoms with Crippen LogP contribution in [0.4, 0.5) is 0 Å². The first-order valence-electron chi connectivity index (χ1n) is 13.4. The van der Waals surface area contributed by atoms with Crippen LogP contribution in [-0.2, 0) is 11.3 Å². The molecule has 2 atom stereocenters. The predicted octanol–water partition coefficient (Wildman–Crippen LogP) is 4.41. The van der Waals surface area contributed by atoms with Crippen molar-refractivity contribution >= 4 is 10.9 Å². The maximum atomic E-state index is 13.2. The summed E-state index contributed by atoms with van der Waals surface area (Å²) in [7, 11) is 1.63. The second-order valence-corrected chi connectivity index (χ2v) is 10.6. The van der Waals surface area contributed by atoms with Crippen molar-refractivity contribution in [1.82, 2.24) is 30.1 Å². The van der Waals surface area contributed by atoms with E-state index >= 15 is 0 Å². The van der Waals surface area contributed by atoms with Crippen molar-refractivity contribution in [2.24, 2.45) is 5.92 Å². The van der Waals surface area contributed by atoms with Gasteiger partial charge >= 0.3 is 0 Å². The molecule has 194 valence electrons. The molecule has 1 aliphatic heterocycles. The zero-order valence-electron chi connectivity index (χ0n) is 21.7. The summed E-state index contributed by atoms with van der Waals surface area (Å²) in [6.45, 7) is 6.45. The van der Waals surface area contributed by atoms with Crippen molar-refractivity contribution in [2.75, 3.05) is 20.3 Å². The maximum Gasteiger partial charge on any atom is 0.252 e. The number of rotatable bonds is 9. The van der Waals surface area contributed by atoms with Crippen LogP contribution in [0.25, 0.3) is 10.9 Å². The van der Waals surface area contributed by atoms with Gasteiger partial charge in [0, 0.05) is 31.3 Å². The Kier molecular flexibility index (Phi) is 7.67. The molecule has 3 heterocycles. The van der Waals surface area contributed by atoms with Gasteiger partial charge in [0.05, 0.1) is 30.8 Å². The number of ether oxygens (including phenoxy) is 2. The van der Waals surface area contributed by atoms with Crippen molar-refractivity contribution < 1.29 is 9.47 Å². The average Bonchev–Trinajstić information content (AvgIpc) is 3.57. The van der Waals surface area contributed by atoms with Crippen molar-refractivity contribution in [1.29, 1.82) is 0 Å². The minimum atomic E-state index is -0.0810. The first-order valence-corrected chi connectivity index (χ1v) is 13.4. The van der Waals surface area contributed by atoms with E-state index in [1.807, 2.05) is 24.3 Å². The van der Waals surface area contributed by atoms with E-state index in [4.69, 9.17) is 9.47 Å². The SMILES string of the molecule is COc1ccc2cc(CN(C[C@H]3CCCO3)[C@@H](c3nnnn3C3CCCCC3)C(C)C)c(=O)[nH]c2c1. The van der Waals surface area contributed by atoms with E-state index in [-0.39, 0.29) is 23.6 Å². The van der Waals surface area contributed by atoms with Gasteiger partial charge in [-0.2, -0.15) is 0 Å². The predicted molar refractivity (Wildman–Crippen MR) is 138 cm³/mol. The summed E-state index contributed by atoms with van der Waals surface area (Å²) in [6, 6.07) is 8.08. The molecule has 0 radical (unpaired) electrons. The summed E-state index contributed by atoms with van der Waals surface area (Å²) in [5, 5.41) is 14.1. The molecule has 9 nitrogen and oxygen atoms in total. The van der Waals surface area contributed by atoms with Crippen LogP contribution in [0.3, 0.4) is 0 Å². The van der Waals surface area contributed by atoms with Gasteiger partial charge in [0.2, 0.25) is 0 Å². The zero-order chi connectivity index (χ0) is 25.1. The van der Waals surface area contributed by atoms with Gasteiger partial charge in [-0.25, -0.2) is 4.68 Å². The Bertz CT molecular complexity index is 1210. The number of aromatic amines is 1. The average molecular weight is 495 g/mol. The van der Waals surface area contributed by atoms with E-state index in [0.29, 0.717) is 12.6 Å². The van der Waals surface area contributed by atoms with E-state index in [1.54, 1.807) is 7.11 Å². The van der Waals surface area contributed by atoms with E-state index in [2.05, 4.69) is 43.9 Å². The largest absolute Gasteiger partial charge is 0.497 e. The molecular weight excluding hydrogens is 456 g/mol. The smallest absolute Gasteiger partial charge is 0.252 e. The molecule has 2 fully saturated rings. The number of methoxy groups -OCH3 is 1. The second-order valence-electron chi connectivity index (χ2n) is 10.6. The first kappa shape index (κ1) is 24.9. The quantitative estimate of drug-likeness (QED) is 0.471. The molecule has 36 heavy (non-hydrogen) atoms. The maximum absolute atomic E-state index is 13.2. The van der Waals surface area contributed by atoms with E-state index in [1.165, 1.54) is 19.3 Å². The van der Waals surface area contributed by atoms with Crippen LogP contribution >= 0.6 is 0 Å². The Labute approximate surface area is 212 Å². The van der Waals surface area contributed by atoms with Gasteiger partial charge in [0.1, 0.15) is 5.75 Å². The third kappa shape index (κ3) is 5.32. The Morgan fingerprint density at radius 1 is 1.17 bits per heavy atom. The number of benzene rings is 1. The Balaban J connectivity index is 1.50. The zero-order valence-corrected chi connectivity index (χ0v) is 21.7. The number of H-pyrrole nitrogens is 1. The van der Waals surface area contributed by atoms with Gasteiger partial charge in [0.15, 0.2) is 5.82 Å². The fourth-order valence-electron chi connectivity index (χ4n) is 5.88. The lowest BCUT2D eigenvalue weighted by atomic mass is 9.94. The molecule has 0 bridgehead atoms. The molecule has 1 aliphatic carbocycles. The molecular formula is C27H38N6O3. The molecule has 0 unspecified atom stereocenters. The fraction of sp³-hybridized carbons (Fsp3) is 0.630. The topological polar surface area (TPSA) is 98.2 Å². The van der Waals surface area contributed by atoms with Crippen LogP contribution < -0.4 is 10.3 Å². The van der Waals surface area contributed by atoms with E-state index in [9.17, 15) is 4.79 Å². The van der Waals surface area contributed by atoms with Crippen molar-refractivity contribution in [3.8, 4) is 5.75 Å². The van der Waals surface area contributed by atoms with Crippen molar-refractivity contribution in [3.63, 3.8) is 0 Å². The molecule has 3 aromatic rings. The van der Waals surface area contributed by atoms with E-state index < -0.39 is 0 Å². The third-order valence-electron chi connectivity index (χ3n) is 7.69. The molecule has 1 aromatic carbocycles. The summed E-state index contributed by atoms with van der Waals surface area (Å²) < 4.78 is 13.4. The summed E-state index contributed by atoms with van der Waals surface area (Å²) in [5.74, 6) is 1.88. The van der Waals surface area contributed by atoms with Gasteiger partial charge in [-0.15, -0.1) is 5.10 Å². The summed E-state index contributed by atoms with van der Waals surface area (Å²) in [6.07, 6.45) is 8.19. The molecule has 9 heteroatoms. The van der Waals surface area contributed by atoms with Crippen LogP contribution in [0.15, 0.2) is 29.1 Å². The lowest BCUT2D eigenvalue weighted by molar-refractivity contribution is 0.0375. The molecule has 1 N–H and O–H groups in total. The number of fused-ring (bicyclic) bond motifs is 1. The number of hydrogen-bond donors (Lipinski definition) is 1. The summed E-state index contributed by atoms with van der Waals surface area (Å²) in [4.78, 5) is 18.6. The van der Waals surface area contributed by atoms with Crippen molar-refractivity contribution in [3.05, 3.63) is 46.0 Å². The summed E-state index contributed by atoms with van der Waals surface area (Å²) in [5.41, 5.74) is 1.42. The summed E-state index contributed by atoms with van der Waals surface area (Å²) >= 11 is 0. The Morgan fingerprint density at radius 3 is 2.72 bits per heavy atom. The minimum absolute atomic E-state index is 0.0305. The minimum Gasteiger partial charge on any atom is -0.497 e. The number of aromatic nitrogens is 5. The van der Waals surface area contributed by atoms with Gasteiger partial charge < -0.3 is 14.5 Å². The molecule has 2 aromatic heterocycles. The number of nitrogens with zero attached hydrogens (tertiary/aromatic N) is 5. The van der Waals surface area contributed by atoms with Crippen LogP contribution in [-0.4, -0.2) is 56.5 Å². The van der Waals surface area contributed by atoms with Gasteiger partial charge in [-0.3, -0.25) is 9.69 Å². The molecule has 0 amide bonds. The lowest BCUT2D eigenvalue weighted by Crippen LogP contribution is -2.40. The molecule has 1 saturated heterocycles. The first-order chi connectivity index (χ1) is 17.5. The number of hydrogen-bond acceptors (Lipinski definition) is 7. The van der Waals surface area contributed by atoms with Crippen LogP contribution in [0.1, 0.15) is 82.3 Å². The highest BCUT2D eigenvalue weighted by Gasteiger charge is 2.34. The van der Waals surface area contributed by atoms with E-state index in [0.717, 1.165) is 66.9 Å². The lowest BCUT2D eigenvalue weighted by Gasteiger charge is -2.36.